The molecule has 7 nitrogen and oxygen atoms in total. The molecule has 4 N–H and O–H groups in total. The van der Waals surface area contributed by atoms with E-state index in [0.717, 1.165) is 25.7 Å². The monoisotopic (exact) mass is 467 g/mol. The molecule has 0 aliphatic carbocycles. The van der Waals surface area contributed by atoms with Crippen molar-refractivity contribution in [3.8, 4) is 0 Å². The van der Waals surface area contributed by atoms with Crippen LogP contribution in [0.5, 0.6) is 0 Å². The topological polar surface area (TPSA) is 118 Å². The Hall–Kier alpha value is -1.76. The van der Waals surface area contributed by atoms with Crippen LogP contribution in [0.4, 0.5) is 4.79 Å². The molecule has 0 heterocycles. The van der Waals surface area contributed by atoms with E-state index in [2.05, 4.69) is 24.5 Å². The summed E-state index contributed by atoms with van der Waals surface area (Å²) in [5, 5.41) is 5.91. The van der Waals surface area contributed by atoms with E-state index < -0.39 is 0 Å². The molecule has 0 aromatic heterocycles. The Kier molecular flexibility index (Phi) is 16.7. The average Bonchev–Trinajstić information content (AvgIpc) is 2.71. The Morgan fingerprint density at radius 3 is 1.97 bits per heavy atom. The minimum atomic E-state index is -0.253. The van der Waals surface area contributed by atoms with Crippen LogP contribution >= 0.6 is 0 Å². The number of carbonyl (C=O) groups is 4. The number of hydrogen-bond acceptors (Lipinski definition) is 5. The number of carbonyl (C=O) groups excluding carboxylic acids is 4. The number of nitrogens with one attached hydrogen (secondary N) is 2. The Morgan fingerprint density at radius 2 is 1.45 bits per heavy atom. The van der Waals surface area contributed by atoms with E-state index in [4.69, 9.17) is 5.73 Å². The summed E-state index contributed by atoms with van der Waals surface area (Å²) < 4.78 is 0. The van der Waals surface area contributed by atoms with Crippen LogP contribution in [0.3, 0.4) is 0 Å². The van der Waals surface area contributed by atoms with Gasteiger partial charge in [0.25, 0.3) is 0 Å². The highest BCUT2D eigenvalue weighted by Crippen LogP contribution is 2.21. The molecule has 2 amide bonds. The second-order valence-electron chi connectivity index (χ2n) is 10.3. The van der Waals surface area contributed by atoms with Gasteiger partial charge in [-0.15, -0.1) is 0 Å². The van der Waals surface area contributed by atoms with Crippen LogP contribution in [-0.4, -0.2) is 42.5 Å². The van der Waals surface area contributed by atoms with Gasteiger partial charge in [0.15, 0.2) is 0 Å². The van der Waals surface area contributed by atoms with Gasteiger partial charge in [0, 0.05) is 38.3 Å². The lowest BCUT2D eigenvalue weighted by molar-refractivity contribution is -0.121. The van der Waals surface area contributed by atoms with Crippen molar-refractivity contribution in [2.45, 2.75) is 105 Å². The SMILES string of the molecule is CC(=O)CC[C@H](CCCCN)CC(=O)CC[C@@H](NC(=O)NC[C@@H](CC(C)=O)C(C)C)C(C)C. The maximum atomic E-state index is 12.7. The fourth-order valence-corrected chi connectivity index (χ4v) is 4.00. The van der Waals surface area contributed by atoms with Gasteiger partial charge in [0.05, 0.1) is 0 Å². The zero-order valence-corrected chi connectivity index (χ0v) is 21.9. The minimum absolute atomic E-state index is 0.104. The molecule has 0 rings (SSSR count). The van der Waals surface area contributed by atoms with E-state index in [1.807, 2.05) is 13.8 Å². The Balaban J connectivity index is 4.67. The molecule has 0 aliphatic heterocycles. The first-order valence-electron chi connectivity index (χ1n) is 12.7. The summed E-state index contributed by atoms with van der Waals surface area (Å²) in [6.45, 7) is 12.4. The van der Waals surface area contributed by atoms with Crippen LogP contribution in [0.2, 0.25) is 0 Å². The Bertz CT molecular complexity index is 604. The molecular weight excluding hydrogens is 418 g/mol. The van der Waals surface area contributed by atoms with E-state index in [1.54, 1.807) is 13.8 Å². The van der Waals surface area contributed by atoms with Gasteiger partial charge in [0.2, 0.25) is 0 Å². The third kappa shape index (κ3) is 16.5. The number of Topliss-reactive ketones (excluding diaryl/α,β-unsaturated/α-hetero) is 3. The van der Waals surface area contributed by atoms with Crippen LogP contribution in [0.15, 0.2) is 0 Å². The molecule has 0 unspecified atom stereocenters. The molecule has 0 aromatic rings. The fourth-order valence-electron chi connectivity index (χ4n) is 4.00. The number of urea groups is 1. The van der Waals surface area contributed by atoms with Crippen molar-refractivity contribution in [1.82, 2.24) is 10.6 Å². The molecule has 0 spiro atoms. The van der Waals surface area contributed by atoms with Crippen LogP contribution in [0.25, 0.3) is 0 Å². The molecule has 33 heavy (non-hydrogen) atoms. The second kappa shape index (κ2) is 17.7. The average molecular weight is 468 g/mol. The lowest BCUT2D eigenvalue weighted by atomic mass is 9.88. The van der Waals surface area contributed by atoms with E-state index in [1.165, 1.54) is 0 Å². The van der Waals surface area contributed by atoms with E-state index in [-0.39, 0.29) is 47.2 Å². The summed E-state index contributed by atoms with van der Waals surface area (Å²) in [6.07, 6.45) is 6.03. The van der Waals surface area contributed by atoms with Gasteiger partial charge in [-0.2, -0.15) is 0 Å². The zero-order chi connectivity index (χ0) is 25.4. The smallest absolute Gasteiger partial charge is 0.315 e. The number of ketones is 3. The molecule has 192 valence electrons. The number of amides is 2. The van der Waals surface area contributed by atoms with Gasteiger partial charge in [-0.05, 0) is 69.7 Å². The van der Waals surface area contributed by atoms with Crippen LogP contribution < -0.4 is 16.4 Å². The Morgan fingerprint density at radius 1 is 0.788 bits per heavy atom. The summed E-state index contributed by atoms with van der Waals surface area (Å²) in [6, 6.07) is -0.358. The second-order valence-corrected chi connectivity index (χ2v) is 10.3. The third-order valence-corrected chi connectivity index (χ3v) is 6.36. The number of nitrogens with two attached hydrogens (primary N) is 1. The van der Waals surface area contributed by atoms with Gasteiger partial charge < -0.3 is 26.0 Å². The quantitative estimate of drug-likeness (QED) is 0.243. The van der Waals surface area contributed by atoms with E-state index in [0.29, 0.717) is 51.1 Å². The predicted octanol–water partition coefficient (Wildman–Crippen LogP) is 4.42. The van der Waals surface area contributed by atoms with Gasteiger partial charge >= 0.3 is 6.03 Å². The molecule has 0 radical (unpaired) electrons. The lowest BCUT2D eigenvalue weighted by Crippen LogP contribution is -2.46. The summed E-state index contributed by atoms with van der Waals surface area (Å²) in [5.41, 5.74) is 5.59. The normalized spacial score (nSPS) is 14.1. The number of hydrogen-bond donors (Lipinski definition) is 3. The van der Waals surface area contributed by atoms with E-state index >= 15 is 0 Å². The summed E-state index contributed by atoms with van der Waals surface area (Å²) in [5.74, 6) is 1.29. The van der Waals surface area contributed by atoms with Crippen molar-refractivity contribution in [1.29, 1.82) is 0 Å². The first-order chi connectivity index (χ1) is 15.5. The maximum Gasteiger partial charge on any atom is 0.315 e. The van der Waals surface area contributed by atoms with Gasteiger partial charge in [-0.3, -0.25) is 4.79 Å². The molecule has 3 atom stereocenters. The van der Waals surface area contributed by atoms with Crippen molar-refractivity contribution < 1.29 is 19.2 Å². The zero-order valence-electron chi connectivity index (χ0n) is 21.9. The molecule has 0 bridgehead atoms. The fraction of sp³-hybridized carbons (Fsp3) is 0.846. The summed E-state index contributed by atoms with van der Waals surface area (Å²) in [4.78, 5) is 48.0. The molecule has 7 heteroatoms. The highest BCUT2D eigenvalue weighted by Gasteiger charge is 2.21. The van der Waals surface area contributed by atoms with Crippen LogP contribution in [-0.2, 0) is 14.4 Å². The van der Waals surface area contributed by atoms with Crippen LogP contribution in [0.1, 0.15) is 99.3 Å². The third-order valence-electron chi connectivity index (χ3n) is 6.36. The summed E-state index contributed by atoms with van der Waals surface area (Å²) >= 11 is 0. The molecule has 0 saturated carbocycles. The minimum Gasteiger partial charge on any atom is -0.338 e. The highest BCUT2D eigenvalue weighted by molar-refractivity contribution is 5.79. The lowest BCUT2D eigenvalue weighted by Gasteiger charge is -2.25. The van der Waals surface area contributed by atoms with Crippen molar-refractivity contribution in [3.63, 3.8) is 0 Å². The van der Waals surface area contributed by atoms with E-state index in [9.17, 15) is 19.2 Å². The number of rotatable bonds is 19. The van der Waals surface area contributed by atoms with Crippen molar-refractivity contribution >= 4 is 23.4 Å². The summed E-state index contributed by atoms with van der Waals surface area (Å²) in [7, 11) is 0. The number of unbranched alkanes of at least 4 members (excludes halogenated alkanes) is 1. The first kappa shape index (κ1) is 31.2. The molecule has 0 saturated heterocycles. The highest BCUT2D eigenvalue weighted by atomic mass is 16.2. The molecular formula is C26H49N3O4. The van der Waals surface area contributed by atoms with Gasteiger partial charge in [-0.1, -0.05) is 34.1 Å². The molecule has 0 aliphatic rings. The van der Waals surface area contributed by atoms with Crippen LogP contribution in [0, 0.1) is 23.7 Å². The largest absolute Gasteiger partial charge is 0.338 e. The predicted molar refractivity (Wildman–Crippen MR) is 134 cm³/mol. The first-order valence-corrected chi connectivity index (χ1v) is 12.7. The Labute approximate surface area is 201 Å². The van der Waals surface area contributed by atoms with Gasteiger partial charge in [-0.25, -0.2) is 4.79 Å². The van der Waals surface area contributed by atoms with Crippen molar-refractivity contribution in [2.75, 3.05) is 13.1 Å². The van der Waals surface area contributed by atoms with Gasteiger partial charge in [0.1, 0.15) is 17.3 Å². The molecule has 0 aromatic carbocycles. The maximum absolute atomic E-state index is 12.7. The molecule has 0 fully saturated rings. The van der Waals surface area contributed by atoms with Crippen molar-refractivity contribution in [3.05, 3.63) is 0 Å². The standard InChI is InChI=1S/C26H49N3O4/c1-18(2)23(15-21(6)31)17-28-26(33)29-25(19(3)4)13-12-24(32)16-22(9-7-8-14-27)11-10-20(5)30/h18-19,22-23,25H,7-17,27H2,1-6H3,(H2,28,29,33)/t22-,23+,25+/m0/s1. The van der Waals surface area contributed by atoms with Crippen molar-refractivity contribution in [2.24, 2.45) is 29.4 Å².